The van der Waals surface area contributed by atoms with E-state index in [0.717, 1.165) is 12.1 Å². The standard InChI is InChI=1S/C16H21F3N2O3S/c1-2-25(23,24)21-9-7-13(8-10-21)15(22)20-11-12-3-5-14(6-4-12)16(17,18)19/h3-6,13H,2,7-11H2,1H3,(H,20,22). The Morgan fingerprint density at radius 1 is 1.20 bits per heavy atom. The van der Waals surface area contributed by atoms with Crippen molar-refractivity contribution in [3.63, 3.8) is 0 Å². The topological polar surface area (TPSA) is 66.5 Å². The molecule has 1 aliphatic heterocycles. The van der Waals surface area contributed by atoms with Crippen molar-refractivity contribution in [3.8, 4) is 0 Å². The van der Waals surface area contributed by atoms with E-state index in [0.29, 0.717) is 31.5 Å². The van der Waals surface area contributed by atoms with Gasteiger partial charge in [0.25, 0.3) is 0 Å². The van der Waals surface area contributed by atoms with Crippen molar-refractivity contribution in [1.82, 2.24) is 9.62 Å². The first kappa shape index (κ1) is 19.7. The van der Waals surface area contributed by atoms with Crippen molar-refractivity contribution in [2.45, 2.75) is 32.5 Å². The summed E-state index contributed by atoms with van der Waals surface area (Å²) in [6.45, 7) is 2.35. The van der Waals surface area contributed by atoms with Gasteiger partial charge in [-0.3, -0.25) is 4.79 Å². The highest BCUT2D eigenvalue weighted by Crippen LogP contribution is 2.29. The third kappa shape index (κ3) is 5.18. The molecule has 2 rings (SSSR count). The summed E-state index contributed by atoms with van der Waals surface area (Å²) in [4.78, 5) is 12.2. The number of hydrogen-bond acceptors (Lipinski definition) is 3. The molecular formula is C16H21F3N2O3S. The van der Waals surface area contributed by atoms with Crippen LogP contribution in [-0.2, 0) is 27.5 Å². The van der Waals surface area contributed by atoms with Crippen LogP contribution in [0.15, 0.2) is 24.3 Å². The molecule has 0 radical (unpaired) electrons. The number of nitrogens with one attached hydrogen (secondary N) is 1. The lowest BCUT2D eigenvalue weighted by Gasteiger charge is -2.30. The first-order chi connectivity index (χ1) is 11.6. The predicted octanol–water partition coefficient (Wildman–Crippen LogP) is 2.38. The van der Waals surface area contributed by atoms with Gasteiger partial charge in [-0.1, -0.05) is 12.1 Å². The number of piperidine rings is 1. The van der Waals surface area contributed by atoms with E-state index in [2.05, 4.69) is 5.32 Å². The van der Waals surface area contributed by atoms with Crippen LogP contribution in [0.5, 0.6) is 0 Å². The van der Waals surface area contributed by atoms with Crippen LogP contribution in [0.4, 0.5) is 13.2 Å². The van der Waals surface area contributed by atoms with Crippen molar-refractivity contribution >= 4 is 15.9 Å². The highest BCUT2D eigenvalue weighted by Gasteiger charge is 2.31. The summed E-state index contributed by atoms with van der Waals surface area (Å²) < 4.78 is 62.5. The zero-order valence-corrected chi connectivity index (χ0v) is 14.7. The Balaban J connectivity index is 1.83. The second-order valence-corrected chi connectivity index (χ2v) is 8.24. The molecule has 0 unspecified atom stereocenters. The van der Waals surface area contributed by atoms with Gasteiger partial charge in [0.2, 0.25) is 15.9 Å². The molecular weight excluding hydrogens is 357 g/mol. The summed E-state index contributed by atoms with van der Waals surface area (Å²) in [5, 5.41) is 2.71. The zero-order chi connectivity index (χ0) is 18.7. The maximum Gasteiger partial charge on any atom is 0.416 e. The molecule has 1 heterocycles. The van der Waals surface area contributed by atoms with Gasteiger partial charge in [0.1, 0.15) is 0 Å². The summed E-state index contributed by atoms with van der Waals surface area (Å²) in [5.41, 5.74) is -0.153. The van der Waals surface area contributed by atoms with E-state index < -0.39 is 21.8 Å². The van der Waals surface area contributed by atoms with Gasteiger partial charge in [0, 0.05) is 25.6 Å². The molecule has 1 aromatic carbocycles. The van der Waals surface area contributed by atoms with Crippen LogP contribution in [0, 0.1) is 5.92 Å². The summed E-state index contributed by atoms with van der Waals surface area (Å²) in [6.07, 6.45) is -3.50. The van der Waals surface area contributed by atoms with Gasteiger partial charge in [-0.05, 0) is 37.5 Å². The zero-order valence-electron chi connectivity index (χ0n) is 13.8. The molecule has 0 spiro atoms. The van der Waals surface area contributed by atoms with E-state index in [1.54, 1.807) is 6.92 Å². The number of benzene rings is 1. The molecule has 0 aromatic heterocycles. The summed E-state index contributed by atoms with van der Waals surface area (Å²) in [7, 11) is -3.23. The Bertz CT molecular complexity index is 694. The average molecular weight is 378 g/mol. The van der Waals surface area contributed by atoms with E-state index in [1.165, 1.54) is 16.4 Å². The summed E-state index contributed by atoms with van der Waals surface area (Å²) >= 11 is 0. The number of sulfonamides is 1. The molecule has 1 saturated heterocycles. The third-order valence-corrected chi connectivity index (χ3v) is 6.21. The number of hydrogen-bond donors (Lipinski definition) is 1. The van der Waals surface area contributed by atoms with Crippen LogP contribution in [0.2, 0.25) is 0 Å². The number of carbonyl (C=O) groups excluding carboxylic acids is 1. The molecule has 0 atom stereocenters. The number of halogens is 3. The Kier molecular flexibility index (Phi) is 6.10. The molecule has 1 amide bonds. The Morgan fingerprint density at radius 2 is 1.76 bits per heavy atom. The number of rotatable bonds is 5. The maximum atomic E-state index is 12.5. The quantitative estimate of drug-likeness (QED) is 0.856. The number of alkyl halides is 3. The van der Waals surface area contributed by atoms with Crippen LogP contribution in [-0.4, -0.2) is 37.5 Å². The van der Waals surface area contributed by atoms with Crippen LogP contribution in [0.1, 0.15) is 30.9 Å². The fourth-order valence-electron chi connectivity index (χ4n) is 2.72. The van der Waals surface area contributed by atoms with E-state index >= 15 is 0 Å². The minimum Gasteiger partial charge on any atom is -0.352 e. The SMILES string of the molecule is CCS(=O)(=O)N1CCC(C(=O)NCc2ccc(C(F)(F)F)cc2)CC1. The van der Waals surface area contributed by atoms with Gasteiger partial charge in [-0.2, -0.15) is 13.2 Å². The van der Waals surface area contributed by atoms with Gasteiger partial charge in [-0.25, -0.2) is 12.7 Å². The van der Waals surface area contributed by atoms with Gasteiger partial charge < -0.3 is 5.32 Å². The smallest absolute Gasteiger partial charge is 0.352 e. The van der Waals surface area contributed by atoms with E-state index in [4.69, 9.17) is 0 Å². The second-order valence-electron chi connectivity index (χ2n) is 5.99. The highest BCUT2D eigenvalue weighted by molar-refractivity contribution is 7.89. The Hall–Kier alpha value is -1.61. The lowest BCUT2D eigenvalue weighted by molar-refractivity contribution is -0.137. The minimum atomic E-state index is -4.38. The fourth-order valence-corrected chi connectivity index (χ4v) is 3.86. The average Bonchev–Trinajstić information content (AvgIpc) is 2.59. The molecule has 1 aromatic rings. The van der Waals surface area contributed by atoms with Crippen LogP contribution in [0.25, 0.3) is 0 Å². The van der Waals surface area contributed by atoms with Crippen molar-refractivity contribution in [2.24, 2.45) is 5.92 Å². The van der Waals surface area contributed by atoms with Crippen LogP contribution in [0.3, 0.4) is 0 Å². The van der Waals surface area contributed by atoms with Crippen molar-refractivity contribution in [1.29, 1.82) is 0 Å². The normalized spacial score (nSPS) is 17.4. The molecule has 1 fully saturated rings. The lowest BCUT2D eigenvalue weighted by Crippen LogP contribution is -2.43. The van der Waals surface area contributed by atoms with Crippen molar-refractivity contribution in [2.75, 3.05) is 18.8 Å². The molecule has 0 aliphatic carbocycles. The van der Waals surface area contributed by atoms with Gasteiger partial charge >= 0.3 is 6.18 Å². The van der Waals surface area contributed by atoms with E-state index in [-0.39, 0.29) is 24.1 Å². The first-order valence-corrected chi connectivity index (χ1v) is 9.66. The van der Waals surface area contributed by atoms with E-state index in [9.17, 15) is 26.4 Å². The van der Waals surface area contributed by atoms with Gasteiger partial charge in [-0.15, -0.1) is 0 Å². The first-order valence-electron chi connectivity index (χ1n) is 8.05. The molecule has 140 valence electrons. The number of nitrogens with zero attached hydrogens (tertiary/aromatic N) is 1. The molecule has 0 saturated carbocycles. The molecule has 5 nitrogen and oxygen atoms in total. The minimum absolute atomic E-state index is 0.0395. The van der Waals surface area contributed by atoms with Crippen molar-refractivity contribution in [3.05, 3.63) is 35.4 Å². The number of carbonyl (C=O) groups is 1. The lowest BCUT2D eigenvalue weighted by atomic mass is 9.97. The molecule has 1 N–H and O–H groups in total. The summed E-state index contributed by atoms with van der Waals surface area (Å²) in [6, 6.07) is 4.63. The largest absolute Gasteiger partial charge is 0.416 e. The molecule has 0 bridgehead atoms. The maximum absolute atomic E-state index is 12.5. The summed E-state index contributed by atoms with van der Waals surface area (Å²) in [5.74, 6) is -0.441. The van der Waals surface area contributed by atoms with Crippen LogP contribution >= 0.6 is 0 Å². The fraction of sp³-hybridized carbons (Fsp3) is 0.562. The molecule has 1 aliphatic rings. The molecule has 9 heteroatoms. The van der Waals surface area contributed by atoms with Crippen molar-refractivity contribution < 1.29 is 26.4 Å². The third-order valence-electron chi connectivity index (χ3n) is 4.33. The van der Waals surface area contributed by atoms with Crippen LogP contribution < -0.4 is 5.32 Å². The Morgan fingerprint density at radius 3 is 2.24 bits per heavy atom. The van der Waals surface area contributed by atoms with Gasteiger partial charge in [0.05, 0.1) is 11.3 Å². The number of amides is 1. The van der Waals surface area contributed by atoms with Gasteiger partial charge in [0.15, 0.2) is 0 Å². The monoisotopic (exact) mass is 378 g/mol. The predicted molar refractivity (Wildman–Crippen MR) is 87.0 cm³/mol. The van der Waals surface area contributed by atoms with E-state index in [1.807, 2.05) is 0 Å². The Labute approximate surface area is 145 Å². The molecule has 25 heavy (non-hydrogen) atoms. The second kappa shape index (κ2) is 7.74. The highest BCUT2D eigenvalue weighted by atomic mass is 32.2.